The number of carbonyl (C=O) groups is 1. The molecular formula is C37H36N4O4. The number of benzene rings is 4. The van der Waals surface area contributed by atoms with Crippen LogP contribution in [0.3, 0.4) is 0 Å². The molecule has 0 aliphatic rings. The van der Waals surface area contributed by atoms with E-state index in [-0.39, 0.29) is 11.5 Å². The summed E-state index contributed by atoms with van der Waals surface area (Å²) in [5.41, 5.74) is 4.49. The van der Waals surface area contributed by atoms with Crippen LogP contribution in [0.5, 0.6) is 0 Å². The number of aromatic amines is 1. The largest absolute Gasteiger partial charge is 0.456 e. The zero-order valence-electron chi connectivity index (χ0n) is 26.0. The molecule has 1 N–H and O–H groups in total. The van der Waals surface area contributed by atoms with E-state index in [1.54, 1.807) is 36.4 Å². The number of nitrogens with zero attached hydrogens (tertiary/aromatic N) is 3. The average molecular weight is 601 g/mol. The second-order valence-corrected chi connectivity index (χ2v) is 12.3. The minimum Gasteiger partial charge on any atom is -0.456 e. The maximum Gasteiger partial charge on any atom is 0.339 e. The molecule has 228 valence electrons. The van der Waals surface area contributed by atoms with E-state index in [0.717, 1.165) is 52.8 Å². The van der Waals surface area contributed by atoms with Gasteiger partial charge in [-0.3, -0.25) is 4.79 Å². The number of ether oxygens (including phenoxy) is 1. The summed E-state index contributed by atoms with van der Waals surface area (Å²) in [4.78, 5) is 47.1. The first kappa shape index (κ1) is 29.8. The lowest BCUT2D eigenvalue weighted by Gasteiger charge is -2.20. The van der Waals surface area contributed by atoms with Crippen LogP contribution in [-0.4, -0.2) is 30.7 Å². The summed E-state index contributed by atoms with van der Waals surface area (Å²) < 4.78 is 9.00. The fourth-order valence-electron chi connectivity index (χ4n) is 5.62. The number of imidazole rings is 1. The van der Waals surface area contributed by atoms with Crippen molar-refractivity contribution >= 4 is 27.9 Å². The van der Waals surface area contributed by atoms with Crippen molar-refractivity contribution in [2.75, 3.05) is 0 Å². The summed E-state index contributed by atoms with van der Waals surface area (Å²) in [7, 11) is 0. The molecule has 0 aliphatic carbocycles. The molecule has 0 saturated carbocycles. The standard InChI is InChI=1S/C37H36N4O4/c1-5-6-15-33-38-31-21-20-26(41-34(42)29-13-9-10-14-30(29)39-36(41)44)22-32(31)40(33)23-24-16-18-25(19-17-24)27-11-7-8-12-28(27)35(43)45-37(2,3)4/h7-14,16-22H,5-6,15,23H2,1-4H3,(H,39,44). The molecule has 0 atom stereocenters. The molecule has 8 heteroatoms. The molecule has 4 aromatic carbocycles. The highest BCUT2D eigenvalue weighted by Crippen LogP contribution is 2.27. The highest BCUT2D eigenvalue weighted by Gasteiger charge is 2.21. The Morgan fingerprint density at radius 1 is 0.911 bits per heavy atom. The van der Waals surface area contributed by atoms with Gasteiger partial charge in [-0.1, -0.05) is 67.9 Å². The number of hydrogen-bond acceptors (Lipinski definition) is 5. The summed E-state index contributed by atoms with van der Waals surface area (Å²) >= 11 is 0. The summed E-state index contributed by atoms with van der Waals surface area (Å²) in [6, 6.07) is 28.1. The zero-order valence-corrected chi connectivity index (χ0v) is 26.0. The van der Waals surface area contributed by atoms with Gasteiger partial charge in [0.05, 0.1) is 33.2 Å². The number of aromatic nitrogens is 4. The van der Waals surface area contributed by atoms with E-state index in [4.69, 9.17) is 9.72 Å². The zero-order chi connectivity index (χ0) is 31.7. The Bertz CT molecular complexity index is 2150. The lowest BCUT2D eigenvalue weighted by molar-refractivity contribution is 0.00704. The molecule has 0 aliphatic heterocycles. The van der Waals surface area contributed by atoms with Gasteiger partial charge in [0.25, 0.3) is 5.56 Å². The predicted molar refractivity (Wildman–Crippen MR) is 178 cm³/mol. The minimum absolute atomic E-state index is 0.354. The molecule has 6 rings (SSSR count). The molecular weight excluding hydrogens is 564 g/mol. The third kappa shape index (κ3) is 6.09. The van der Waals surface area contributed by atoms with Crippen LogP contribution in [0.1, 0.15) is 62.3 Å². The van der Waals surface area contributed by atoms with Crippen molar-refractivity contribution in [3.8, 4) is 16.8 Å². The van der Waals surface area contributed by atoms with Crippen LogP contribution < -0.4 is 11.2 Å². The van der Waals surface area contributed by atoms with E-state index < -0.39 is 11.3 Å². The summed E-state index contributed by atoms with van der Waals surface area (Å²) in [6.07, 6.45) is 2.82. The van der Waals surface area contributed by atoms with Gasteiger partial charge in [-0.2, -0.15) is 0 Å². The SMILES string of the molecule is CCCCc1nc2ccc(-n3c(=O)[nH]c4ccccc4c3=O)cc2n1Cc1ccc(-c2ccccc2C(=O)OC(C)(C)C)cc1. The fourth-order valence-corrected chi connectivity index (χ4v) is 5.62. The smallest absolute Gasteiger partial charge is 0.339 e. The number of carbonyl (C=O) groups excluding carboxylic acids is 1. The normalized spacial score (nSPS) is 11.7. The summed E-state index contributed by atoms with van der Waals surface area (Å²) in [5, 5.41) is 0.447. The molecule has 2 heterocycles. The molecule has 0 spiro atoms. The van der Waals surface area contributed by atoms with Crippen LogP contribution in [-0.2, 0) is 17.7 Å². The number of nitrogens with one attached hydrogen (secondary N) is 1. The maximum absolute atomic E-state index is 13.4. The number of hydrogen-bond donors (Lipinski definition) is 1. The number of unbranched alkanes of at least 4 members (excludes halogenated alkanes) is 1. The molecule has 0 unspecified atom stereocenters. The van der Waals surface area contributed by atoms with Crippen molar-refractivity contribution in [2.45, 2.75) is 59.1 Å². The van der Waals surface area contributed by atoms with Crippen molar-refractivity contribution in [3.05, 3.63) is 129 Å². The molecule has 0 radical (unpaired) electrons. The van der Waals surface area contributed by atoms with E-state index in [0.29, 0.717) is 28.7 Å². The Morgan fingerprint density at radius 3 is 2.40 bits per heavy atom. The van der Waals surface area contributed by atoms with Crippen LogP contribution in [0.2, 0.25) is 0 Å². The van der Waals surface area contributed by atoms with E-state index >= 15 is 0 Å². The third-order valence-corrected chi connectivity index (χ3v) is 7.78. The van der Waals surface area contributed by atoms with Gasteiger partial charge in [0.2, 0.25) is 0 Å². The van der Waals surface area contributed by atoms with Gasteiger partial charge in [-0.15, -0.1) is 0 Å². The topological polar surface area (TPSA) is 99.0 Å². The van der Waals surface area contributed by atoms with E-state index in [1.807, 2.05) is 63.2 Å². The lowest BCUT2D eigenvalue weighted by atomic mass is 9.98. The Balaban J connectivity index is 1.38. The van der Waals surface area contributed by atoms with Crippen LogP contribution in [0.25, 0.3) is 38.8 Å². The molecule has 0 saturated heterocycles. The first-order valence-electron chi connectivity index (χ1n) is 15.3. The predicted octanol–water partition coefficient (Wildman–Crippen LogP) is 7.04. The summed E-state index contributed by atoms with van der Waals surface area (Å²) in [5.74, 6) is 0.593. The van der Waals surface area contributed by atoms with Gasteiger partial charge in [-0.05, 0) is 80.3 Å². The third-order valence-electron chi connectivity index (χ3n) is 7.78. The molecule has 0 amide bonds. The fraction of sp³-hybridized carbons (Fsp3) is 0.243. The molecule has 0 fully saturated rings. The van der Waals surface area contributed by atoms with Crippen molar-refractivity contribution < 1.29 is 9.53 Å². The van der Waals surface area contributed by atoms with Crippen LogP contribution >= 0.6 is 0 Å². The van der Waals surface area contributed by atoms with Gasteiger partial charge in [0.15, 0.2) is 0 Å². The first-order valence-corrected chi connectivity index (χ1v) is 15.3. The van der Waals surface area contributed by atoms with Crippen molar-refractivity contribution in [1.82, 2.24) is 19.1 Å². The molecule has 45 heavy (non-hydrogen) atoms. The van der Waals surface area contributed by atoms with Gasteiger partial charge in [-0.25, -0.2) is 19.1 Å². The molecule has 8 nitrogen and oxygen atoms in total. The second kappa shape index (κ2) is 12.0. The summed E-state index contributed by atoms with van der Waals surface area (Å²) in [6.45, 7) is 8.28. The Morgan fingerprint density at radius 2 is 1.64 bits per heavy atom. The number of esters is 1. The average Bonchev–Trinajstić information content (AvgIpc) is 3.35. The number of H-pyrrole nitrogens is 1. The second-order valence-electron chi connectivity index (χ2n) is 12.3. The molecule has 2 aromatic heterocycles. The van der Waals surface area contributed by atoms with Gasteiger partial charge < -0.3 is 14.3 Å². The van der Waals surface area contributed by atoms with Crippen LogP contribution in [0.4, 0.5) is 0 Å². The minimum atomic E-state index is -0.591. The van der Waals surface area contributed by atoms with Crippen molar-refractivity contribution in [1.29, 1.82) is 0 Å². The van der Waals surface area contributed by atoms with Gasteiger partial charge in [0, 0.05) is 13.0 Å². The quantitative estimate of drug-likeness (QED) is 0.189. The van der Waals surface area contributed by atoms with E-state index in [2.05, 4.69) is 28.6 Å². The van der Waals surface area contributed by atoms with Crippen LogP contribution in [0.15, 0.2) is 101 Å². The Labute approximate surface area is 261 Å². The maximum atomic E-state index is 13.4. The van der Waals surface area contributed by atoms with Crippen molar-refractivity contribution in [3.63, 3.8) is 0 Å². The van der Waals surface area contributed by atoms with Gasteiger partial charge in [0.1, 0.15) is 11.4 Å². The Kier molecular flexibility index (Phi) is 7.97. The molecule has 6 aromatic rings. The van der Waals surface area contributed by atoms with E-state index in [9.17, 15) is 14.4 Å². The highest BCUT2D eigenvalue weighted by molar-refractivity contribution is 5.97. The Hall–Kier alpha value is -5.24. The number of rotatable bonds is 8. The lowest BCUT2D eigenvalue weighted by Crippen LogP contribution is -2.33. The number of aryl methyl sites for hydroxylation is 1. The van der Waals surface area contributed by atoms with Crippen LogP contribution in [0, 0.1) is 0 Å². The van der Waals surface area contributed by atoms with Crippen molar-refractivity contribution in [2.24, 2.45) is 0 Å². The number of fused-ring (bicyclic) bond motifs is 2. The number of para-hydroxylation sites is 1. The van der Waals surface area contributed by atoms with E-state index in [1.165, 1.54) is 4.57 Å². The first-order chi connectivity index (χ1) is 21.6. The van der Waals surface area contributed by atoms with Gasteiger partial charge >= 0.3 is 11.7 Å². The monoisotopic (exact) mass is 600 g/mol. The molecule has 0 bridgehead atoms. The highest BCUT2D eigenvalue weighted by atomic mass is 16.6.